The Morgan fingerprint density at radius 1 is 1.23 bits per heavy atom. The second-order valence-corrected chi connectivity index (χ2v) is 5.51. The summed E-state index contributed by atoms with van der Waals surface area (Å²) < 4.78 is 6.50. The van der Waals surface area contributed by atoms with E-state index in [1.807, 2.05) is 6.92 Å². The highest BCUT2D eigenvalue weighted by atomic mass is 16.3. The van der Waals surface area contributed by atoms with Crippen LogP contribution in [0.3, 0.4) is 0 Å². The number of nitrogens with one attached hydrogen (secondary N) is 1. The van der Waals surface area contributed by atoms with Gasteiger partial charge in [-0.15, -0.1) is 0 Å². The highest BCUT2D eigenvalue weighted by molar-refractivity contribution is 6.11. The number of furan rings is 1. The molecule has 3 rings (SSSR count). The largest absolute Gasteiger partial charge is 0.468 e. The minimum atomic E-state index is -0.519. The topological polar surface area (TPSA) is 81.3 Å². The van der Waals surface area contributed by atoms with E-state index in [9.17, 15) is 14.4 Å². The molecule has 0 saturated heterocycles. The van der Waals surface area contributed by atoms with Crippen LogP contribution in [0.4, 0.5) is 0 Å². The highest BCUT2D eigenvalue weighted by Crippen LogP contribution is 2.26. The molecular formula is C16H16N2O4. The lowest BCUT2D eigenvalue weighted by molar-refractivity contribution is 0.0951. The predicted molar refractivity (Wildman–Crippen MR) is 79.8 cm³/mol. The van der Waals surface area contributed by atoms with Gasteiger partial charge < -0.3 is 4.42 Å². The van der Waals surface area contributed by atoms with Crippen molar-refractivity contribution in [3.05, 3.63) is 56.9 Å². The summed E-state index contributed by atoms with van der Waals surface area (Å²) in [5.74, 6) is -0.0585. The molecule has 6 heteroatoms. The van der Waals surface area contributed by atoms with Crippen LogP contribution in [0.15, 0.2) is 27.6 Å². The molecule has 0 fully saturated rings. The number of amides is 1. The number of aryl methyl sites for hydroxylation is 3. The van der Waals surface area contributed by atoms with Crippen molar-refractivity contribution in [3.8, 4) is 0 Å². The summed E-state index contributed by atoms with van der Waals surface area (Å²) in [5, 5.41) is 0. The van der Waals surface area contributed by atoms with Crippen LogP contribution in [0.1, 0.15) is 50.6 Å². The molecule has 1 amide bonds. The molecule has 2 aromatic heterocycles. The molecule has 114 valence electrons. The molecule has 2 heterocycles. The van der Waals surface area contributed by atoms with Crippen molar-refractivity contribution in [2.45, 2.75) is 33.1 Å². The van der Waals surface area contributed by atoms with Gasteiger partial charge in [0, 0.05) is 24.6 Å². The van der Waals surface area contributed by atoms with Crippen molar-refractivity contribution in [2.75, 3.05) is 5.43 Å². The molecule has 0 saturated carbocycles. The summed E-state index contributed by atoms with van der Waals surface area (Å²) >= 11 is 0. The standard InChI is InChI=1S/C16H16N2O4/c1-9-6-10(2)18(14(20)7-9)17-16(21)11-8-22-13-5-3-4-12(19)15(11)13/h6-8H,3-5H2,1-2H3,(H,17,21). The van der Waals surface area contributed by atoms with Crippen LogP contribution in [0.2, 0.25) is 0 Å². The zero-order valence-electron chi connectivity index (χ0n) is 12.4. The van der Waals surface area contributed by atoms with Crippen molar-refractivity contribution >= 4 is 11.7 Å². The number of rotatable bonds is 2. The monoisotopic (exact) mass is 300 g/mol. The molecule has 0 aromatic carbocycles. The maximum Gasteiger partial charge on any atom is 0.274 e. The number of pyridine rings is 1. The Kier molecular flexibility index (Phi) is 3.44. The third-order valence-electron chi connectivity index (χ3n) is 3.77. The lowest BCUT2D eigenvalue weighted by Crippen LogP contribution is -2.35. The number of ketones is 1. The Hall–Kier alpha value is -2.63. The van der Waals surface area contributed by atoms with E-state index in [-0.39, 0.29) is 16.9 Å². The van der Waals surface area contributed by atoms with Crippen LogP contribution in [0.5, 0.6) is 0 Å². The normalized spacial score (nSPS) is 13.8. The summed E-state index contributed by atoms with van der Waals surface area (Å²) in [4.78, 5) is 36.4. The maximum atomic E-state index is 12.4. The van der Waals surface area contributed by atoms with E-state index in [1.54, 1.807) is 13.0 Å². The first-order valence-corrected chi connectivity index (χ1v) is 7.12. The third kappa shape index (κ3) is 2.36. The van der Waals surface area contributed by atoms with Gasteiger partial charge in [-0.05, 0) is 31.9 Å². The molecule has 2 aromatic rings. The molecule has 0 aliphatic heterocycles. The fourth-order valence-corrected chi connectivity index (χ4v) is 2.76. The van der Waals surface area contributed by atoms with Gasteiger partial charge in [0.2, 0.25) is 0 Å². The number of carbonyl (C=O) groups is 2. The van der Waals surface area contributed by atoms with Gasteiger partial charge in [0.15, 0.2) is 5.78 Å². The third-order valence-corrected chi connectivity index (χ3v) is 3.77. The SMILES string of the molecule is Cc1cc(C)n(NC(=O)c2coc3c2C(=O)CCC3)c(=O)c1. The van der Waals surface area contributed by atoms with Gasteiger partial charge in [-0.25, -0.2) is 4.68 Å². The van der Waals surface area contributed by atoms with E-state index in [0.717, 1.165) is 12.0 Å². The molecule has 0 spiro atoms. The number of aromatic nitrogens is 1. The lowest BCUT2D eigenvalue weighted by Gasteiger charge is -2.13. The van der Waals surface area contributed by atoms with Crippen molar-refractivity contribution in [1.82, 2.24) is 4.68 Å². The van der Waals surface area contributed by atoms with Crippen molar-refractivity contribution in [2.24, 2.45) is 0 Å². The van der Waals surface area contributed by atoms with E-state index >= 15 is 0 Å². The zero-order valence-corrected chi connectivity index (χ0v) is 12.4. The van der Waals surface area contributed by atoms with Gasteiger partial charge >= 0.3 is 0 Å². The van der Waals surface area contributed by atoms with Crippen LogP contribution in [-0.4, -0.2) is 16.4 Å². The molecule has 0 radical (unpaired) electrons. The molecule has 22 heavy (non-hydrogen) atoms. The Balaban J connectivity index is 1.95. The molecule has 0 atom stereocenters. The van der Waals surface area contributed by atoms with E-state index in [4.69, 9.17) is 4.42 Å². The van der Waals surface area contributed by atoms with Crippen LogP contribution >= 0.6 is 0 Å². The number of carbonyl (C=O) groups excluding carboxylic acids is 2. The number of hydrogen-bond donors (Lipinski definition) is 1. The fourth-order valence-electron chi connectivity index (χ4n) is 2.76. The molecule has 0 bridgehead atoms. The Morgan fingerprint density at radius 2 is 2.00 bits per heavy atom. The first-order valence-electron chi connectivity index (χ1n) is 7.12. The van der Waals surface area contributed by atoms with E-state index in [1.165, 1.54) is 17.0 Å². The quantitative estimate of drug-likeness (QED) is 0.919. The van der Waals surface area contributed by atoms with Gasteiger partial charge in [-0.1, -0.05) is 0 Å². The predicted octanol–water partition coefficient (Wildman–Crippen LogP) is 1.96. The second kappa shape index (κ2) is 5.29. The van der Waals surface area contributed by atoms with Gasteiger partial charge in [-0.2, -0.15) is 0 Å². The lowest BCUT2D eigenvalue weighted by atomic mass is 9.94. The van der Waals surface area contributed by atoms with Crippen molar-refractivity contribution in [1.29, 1.82) is 0 Å². The van der Waals surface area contributed by atoms with Crippen LogP contribution in [0, 0.1) is 13.8 Å². The zero-order chi connectivity index (χ0) is 15.9. The smallest absolute Gasteiger partial charge is 0.274 e. The number of nitrogens with zero attached hydrogens (tertiary/aromatic N) is 1. The Bertz CT molecular complexity index is 829. The van der Waals surface area contributed by atoms with Gasteiger partial charge in [-0.3, -0.25) is 19.8 Å². The van der Waals surface area contributed by atoms with E-state index in [2.05, 4.69) is 5.43 Å². The van der Waals surface area contributed by atoms with Crippen LogP contribution < -0.4 is 11.0 Å². The Labute approximate surface area is 126 Å². The molecular weight excluding hydrogens is 284 g/mol. The second-order valence-electron chi connectivity index (χ2n) is 5.51. The average Bonchev–Trinajstić information content (AvgIpc) is 2.88. The summed E-state index contributed by atoms with van der Waals surface area (Å²) in [5.41, 5.74) is 4.18. The molecule has 1 N–H and O–H groups in total. The average molecular weight is 300 g/mol. The fraction of sp³-hybridized carbons (Fsp3) is 0.312. The van der Waals surface area contributed by atoms with E-state index in [0.29, 0.717) is 29.9 Å². The first kappa shape index (κ1) is 14.3. The highest BCUT2D eigenvalue weighted by Gasteiger charge is 2.28. The van der Waals surface area contributed by atoms with Gasteiger partial charge in [0.1, 0.15) is 12.0 Å². The molecule has 0 unspecified atom stereocenters. The minimum Gasteiger partial charge on any atom is -0.468 e. The first-order chi connectivity index (χ1) is 10.5. The Morgan fingerprint density at radius 3 is 2.73 bits per heavy atom. The van der Waals surface area contributed by atoms with Gasteiger partial charge in [0.25, 0.3) is 11.5 Å². The number of fused-ring (bicyclic) bond motifs is 1. The summed E-state index contributed by atoms with van der Waals surface area (Å²) in [6.45, 7) is 3.54. The maximum absolute atomic E-state index is 12.4. The van der Waals surface area contributed by atoms with Crippen molar-refractivity contribution < 1.29 is 14.0 Å². The molecule has 1 aliphatic carbocycles. The van der Waals surface area contributed by atoms with Crippen LogP contribution in [-0.2, 0) is 6.42 Å². The summed E-state index contributed by atoms with van der Waals surface area (Å²) in [6.07, 6.45) is 3.09. The molecule has 6 nitrogen and oxygen atoms in total. The number of Topliss-reactive ketones (excluding diaryl/α,β-unsaturated/α-hetero) is 1. The van der Waals surface area contributed by atoms with E-state index < -0.39 is 5.91 Å². The minimum absolute atomic E-state index is 0.0897. The van der Waals surface area contributed by atoms with Crippen molar-refractivity contribution in [3.63, 3.8) is 0 Å². The summed E-state index contributed by atoms with van der Waals surface area (Å²) in [7, 11) is 0. The number of hydrogen-bond acceptors (Lipinski definition) is 4. The molecule has 1 aliphatic rings. The summed E-state index contributed by atoms with van der Waals surface area (Å²) in [6, 6.07) is 3.22. The van der Waals surface area contributed by atoms with Crippen LogP contribution in [0.25, 0.3) is 0 Å². The van der Waals surface area contributed by atoms with Gasteiger partial charge in [0.05, 0.1) is 11.1 Å².